The fraction of sp³-hybridized carbons (Fsp3) is 0.857. The van der Waals surface area contributed by atoms with Gasteiger partial charge in [-0.1, -0.05) is 6.42 Å². The van der Waals surface area contributed by atoms with Gasteiger partial charge in [-0.25, -0.2) is 4.79 Å². The van der Waals surface area contributed by atoms with E-state index < -0.39 is 35.4 Å². The van der Waals surface area contributed by atoms with E-state index in [1.54, 1.807) is 0 Å². The molecule has 4 nitrogen and oxygen atoms in total. The van der Waals surface area contributed by atoms with Gasteiger partial charge in [0, 0.05) is 12.5 Å². The number of halogens is 3. The molecule has 0 spiro atoms. The summed E-state index contributed by atoms with van der Waals surface area (Å²) in [6, 6.07) is 0. The number of alkyl halides is 3. The zero-order valence-corrected chi connectivity index (χ0v) is 11.9. The molecule has 0 aromatic heterocycles. The topological polar surface area (TPSA) is 57.6 Å². The van der Waals surface area contributed by atoms with Crippen molar-refractivity contribution in [1.29, 1.82) is 0 Å². The van der Waals surface area contributed by atoms with Gasteiger partial charge < -0.3 is 10.0 Å². The summed E-state index contributed by atoms with van der Waals surface area (Å²) in [4.78, 5) is 25.1. The SMILES string of the molecule is CC1(C(=O)O)CCCN1C(=O)C1CCCC(C(F)(F)F)C1. The largest absolute Gasteiger partial charge is 0.480 e. The van der Waals surface area contributed by atoms with E-state index in [-0.39, 0.29) is 12.8 Å². The Morgan fingerprint density at radius 1 is 1.24 bits per heavy atom. The van der Waals surface area contributed by atoms with Gasteiger partial charge in [-0.2, -0.15) is 13.2 Å². The van der Waals surface area contributed by atoms with E-state index in [9.17, 15) is 27.9 Å². The first-order chi connectivity index (χ1) is 9.66. The number of hydrogen-bond donors (Lipinski definition) is 1. The van der Waals surface area contributed by atoms with Crippen LogP contribution in [0.25, 0.3) is 0 Å². The summed E-state index contributed by atoms with van der Waals surface area (Å²) in [7, 11) is 0. The van der Waals surface area contributed by atoms with E-state index in [0.29, 0.717) is 32.2 Å². The van der Waals surface area contributed by atoms with Crippen LogP contribution in [-0.4, -0.2) is 40.1 Å². The third-order valence-corrected chi connectivity index (χ3v) is 4.85. The van der Waals surface area contributed by atoms with Crippen LogP contribution in [0, 0.1) is 11.8 Å². The van der Waals surface area contributed by atoms with Crippen molar-refractivity contribution >= 4 is 11.9 Å². The van der Waals surface area contributed by atoms with Gasteiger partial charge in [-0.3, -0.25) is 4.79 Å². The van der Waals surface area contributed by atoms with E-state index in [2.05, 4.69) is 0 Å². The lowest BCUT2D eigenvalue weighted by atomic mass is 9.80. The summed E-state index contributed by atoms with van der Waals surface area (Å²) in [6.07, 6.45) is -2.73. The molecule has 0 aromatic carbocycles. The quantitative estimate of drug-likeness (QED) is 0.853. The van der Waals surface area contributed by atoms with Gasteiger partial charge in [0.05, 0.1) is 5.92 Å². The van der Waals surface area contributed by atoms with Crippen LogP contribution in [0.1, 0.15) is 45.4 Å². The molecule has 21 heavy (non-hydrogen) atoms. The highest BCUT2D eigenvalue weighted by Crippen LogP contribution is 2.42. The van der Waals surface area contributed by atoms with Crippen LogP contribution in [0.3, 0.4) is 0 Å². The van der Waals surface area contributed by atoms with Crippen LogP contribution in [0.4, 0.5) is 13.2 Å². The lowest BCUT2D eigenvalue weighted by Gasteiger charge is -2.37. The van der Waals surface area contributed by atoms with Crippen molar-refractivity contribution in [2.75, 3.05) is 6.54 Å². The van der Waals surface area contributed by atoms with E-state index >= 15 is 0 Å². The first-order valence-corrected chi connectivity index (χ1v) is 7.28. The Bertz CT molecular complexity index is 438. The van der Waals surface area contributed by atoms with Crippen molar-refractivity contribution in [3.05, 3.63) is 0 Å². The molecule has 1 aliphatic heterocycles. The summed E-state index contributed by atoms with van der Waals surface area (Å²) < 4.78 is 38.4. The van der Waals surface area contributed by atoms with E-state index in [0.717, 1.165) is 0 Å². The molecule has 2 fully saturated rings. The van der Waals surface area contributed by atoms with Crippen LogP contribution in [-0.2, 0) is 9.59 Å². The lowest BCUT2D eigenvalue weighted by Crippen LogP contribution is -2.53. The number of carboxylic acid groups (broad SMARTS) is 1. The summed E-state index contributed by atoms with van der Waals surface area (Å²) in [6.45, 7) is 1.79. The van der Waals surface area contributed by atoms with Crippen molar-refractivity contribution in [3.63, 3.8) is 0 Å². The van der Waals surface area contributed by atoms with Crippen molar-refractivity contribution in [2.45, 2.75) is 57.2 Å². The molecule has 120 valence electrons. The molecule has 2 aliphatic rings. The molecule has 3 unspecified atom stereocenters. The van der Waals surface area contributed by atoms with Gasteiger partial charge in [0.15, 0.2) is 0 Å². The second kappa shape index (κ2) is 5.50. The predicted molar refractivity (Wildman–Crippen MR) is 68.5 cm³/mol. The van der Waals surface area contributed by atoms with Gasteiger partial charge in [-0.05, 0) is 39.0 Å². The third kappa shape index (κ3) is 3.01. The maximum Gasteiger partial charge on any atom is 0.391 e. The Labute approximate surface area is 121 Å². The van der Waals surface area contributed by atoms with Crippen molar-refractivity contribution < 1.29 is 27.9 Å². The molecule has 1 heterocycles. The highest BCUT2D eigenvalue weighted by atomic mass is 19.4. The molecular formula is C14H20F3NO3. The number of carboxylic acids is 1. The Kier molecular flexibility index (Phi) is 4.22. The number of amides is 1. The lowest BCUT2D eigenvalue weighted by molar-refractivity contribution is -0.188. The minimum atomic E-state index is -4.28. The highest BCUT2D eigenvalue weighted by Gasteiger charge is 2.49. The number of carbonyl (C=O) groups is 2. The zero-order chi connectivity index (χ0) is 15.8. The molecule has 1 saturated carbocycles. The summed E-state index contributed by atoms with van der Waals surface area (Å²) in [5, 5.41) is 9.30. The molecule has 1 amide bonds. The van der Waals surface area contributed by atoms with Crippen LogP contribution in [0.15, 0.2) is 0 Å². The zero-order valence-electron chi connectivity index (χ0n) is 11.9. The minimum Gasteiger partial charge on any atom is -0.480 e. The van der Waals surface area contributed by atoms with E-state index in [1.807, 2.05) is 0 Å². The molecule has 0 aromatic rings. The van der Waals surface area contributed by atoms with Crippen molar-refractivity contribution in [3.8, 4) is 0 Å². The van der Waals surface area contributed by atoms with Gasteiger partial charge in [0.25, 0.3) is 0 Å². The average molecular weight is 307 g/mol. The second-order valence-electron chi connectivity index (χ2n) is 6.27. The normalized spacial score (nSPS) is 34.0. The van der Waals surface area contributed by atoms with E-state index in [4.69, 9.17) is 0 Å². The van der Waals surface area contributed by atoms with Gasteiger partial charge >= 0.3 is 12.1 Å². The van der Waals surface area contributed by atoms with Crippen LogP contribution in [0.5, 0.6) is 0 Å². The summed E-state index contributed by atoms with van der Waals surface area (Å²) >= 11 is 0. The van der Waals surface area contributed by atoms with Crippen molar-refractivity contribution in [1.82, 2.24) is 4.90 Å². The molecule has 3 atom stereocenters. The van der Waals surface area contributed by atoms with Crippen molar-refractivity contribution in [2.24, 2.45) is 11.8 Å². The van der Waals surface area contributed by atoms with Gasteiger partial charge in [-0.15, -0.1) is 0 Å². The molecule has 0 bridgehead atoms. The first-order valence-electron chi connectivity index (χ1n) is 7.28. The molecule has 0 radical (unpaired) electrons. The predicted octanol–water partition coefficient (Wildman–Crippen LogP) is 2.82. The first kappa shape index (κ1) is 16.1. The monoisotopic (exact) mass is 307 g/mol. The molecule has 2 rings (SSSR count). The highest BCUT2D eigenvalue weighted by molar-refractivity contribution is 5.88. The van der Waals surface area contributed by atoms with Crippen LogP contribution < -0.4 is 0 Å². The number of hydrogen-bond acceptors (Lipinski definition) is 2. The number of likely N-dealkylation sites (tertiary alicyclic amines) is 1. The molecule has 1 saturated heterocycles. The maximum absolute atomic E-state index is 12.8. The third-order valence-electron chi connectivity index (χ3n) is 4.85. The molecule has 1 N–H and O–H groups in total. The molecule has 1 aliphatic carbocycles. The average Bonchev–Trinajstić information content (AvgIpc) is 2.80. The Morgan fingerprint density at radius 2 is 1.90 bits per heavy atom. The summed E-state index contributed by atoms with van der Waals surface area (Å²) in [5.74, 6) is -3.66. The fourth-order valence-electron chi connectivity index (χ4n) is 3.47. The van der Waals surface area contributed by atoms with Gasteiger partial charge in [0.2, 0.25) is 5.91 Å². The second-order valence-corrected chi connectivity index (χ2v) is 6.27. The maximum atomic E-state index is 12.8. The standard InChI is InChI=1S/C14H20F3NO3/c1-13(12(20)21)6-3-7-18(13)11(19)9-4-2-5-10(8-9)14(15,16)17/h9-10H,2-8H2,1H3,(H,20,21). The number of carbonyl (C=O) groups excluding carboxylic acids is 1. The number of aliphatic carboxylic acids is 1. The Hall–Kier alpha value is -1.27. The molecule has 7 heteroatoms. The summed E-state index contributed by atoms with van der Waals surface area (Å²) in [5.41, 5.74) is -1.28. The smallest absolute Gasteiger partial charge is 0.391 e. The minimum absolute atomic E-state index is 0.0590. The van der Waals surface area contributed by atoms with E-state index in [1.165, 1.54) is 11.8 Å². The van der Waals surface area contributed by atoms with Crippen LogP contribution >= 0.6 is 0 Å². The van der Waals surface area contributed by atoms with Crippen LogP contribution in [0.2, 0.25) is 0 Å². The number of nitrogens with zero attached hydrogens (tertiary/aromatic N) is 1. The Morgan fingerprint density at radius 3 is 2.48 bits per heavy atom. The Balaban J connectivity index is 2.11. The van der Waals surface area contributed by atoms with Gasteiger partial charge in [0.1, 0.15) is 5.54 Å². The molecular weight excluding hydrogens is 287 g/mol. The fourth-order valence-corrected chi connectivity index (χ4v) is 3.47. The number of rotatable bonds is 2.